The van der Waals surface area contributed by atoms with E-state index in [9.17, 15) is 14.0 Å². The molecule has 0 radical (unpaired) electrons. The van der Waals surface area contributed by atoms with Crippen LogP contribution in [0.4, 0.5) is 4.39 Å². The van der Waals surface area contributed by atoms with Gasteiger partial charge in [0.05, 0.1) is 6.04 Å². The zero-order chi connectivity index (χ0) is 15.4. The van der Waals surface area contributed by atoms with E-state index >= 15 is 0 Å². The van der Waals surface area contributed by atoms with Crippen LogP contribution in [-0.4, -0.2) is 12.2 Å². The van der Waals surface area contributed by atoms with Gasteiger partial charge >= 0.3 is 0 Å². The smallest absolute Gasteiger partial charge is 0.251 e. The molecule has 0 aromatic heterocycles. The van der Waals surface area contributed by atoms with Crippen LogP contribution >= 0.6 is 15.9 Å². The molecule has 21 heavy (non-hydrogen) atoms. The third-order valence-corrected chi connectivity index (χ3v) is 3.82. The molecule has 5 heteroatoms. The third kappa shape index (κ3) is 3.76. The van der Waals surface area contributed by atoms with Crippen LogP contribution in [0.1, 0.15) is 39.2 Å². The Morgan fingerprint density at radius 1 is 1.24 bits per heavy atom. The molecule has 0 unspecified atom stereocenters. The molecule has 2 aromatic carbocycles. The van der Waals surface area contributed by atoms with Gasteiger partial charge in [0.2, 0.25) is 0 Å². The zero-order valence-electron chi connectivity index (χ0n) is 11.3. The Labute approximate surface area is 130 Å². The fourth-order valence-corrected chi connectivity index (χ4v) is 2.23. The lowest BCUT2D eigenvalue weighted by atomic mass is 10.1. The molecule has 0 saturated heterocycles. The van der Waals surface area contributed by atoms with Gasteiger partial charge in [0.25, 0.3) is 5.91 Å². The highest BCUT2D eigenvalue weighted by Crippen LogP contribution is 2.18. The first-order chi connectivity index (χ1) is 10.0. The topological polar surface area (TPSA) is 46.2 Å². The number of aldehydes is 1. The normalized spacial score (nSPS) is 11.8. The summed E-state index contributed by atoms with van der Waals surface area (Å²) in [4.78, 5) is 23.0. The number of carbonyl (C=O) groups excluding carboxylic acids is 2. The average molecular weight is 350 g/mol. The van der Waals surface area contributed by atoms with Crippen molar-refractivity contribution in [3.8, 4) is 0 Å². The van der Waals surface area contributed by atoms with Crippen molar-refractivity contribution in [1.29, 1.82) is 0 Å². The number of benzene rings is 2. The van der Waals surface area contributed by atoms with Crippen molar-refractivity contribution in [2.75, 3.05) is 0 Å². The highest BCUT2D eigenvalue weighted by atomic mass is 79.9. The second-order valence-corrected chi connectivity index (χ2v) is 5.46. The fraction of sp³-hybridized carbons (Fsp3) is 0.125. The van der Waals surface area contributed by atoms with Crippen molar-refractivity contribution in [2.45, 2.75) is 13.0 Å². The summed E-state index contributed by atoms with van der Waals surface area (Å²) in [6.07, 6.45) is 0.685. The Bertz CT molecular complexity index is 670. The Morgan fingerprint density at radius 2 is 1.90 bits per heavy atom. The molecule has 0 aliphatic heterocycles. The molecule has 2 aromatic rings. The Hall–Kier alpha value is -2.01. The maximum atomic E-state index is 12.9. The van der Waals surface area contributed by atoms with Gasteiger partial charge in [0.15, 0.2) is 6.29 Å². The van der Waals surface area contributed by atoms with E-state index in [0.717, 1.165) is 5.56 Å². The van der Waals surface area contributed by atoms with Crippen molar-refractivity contribution in [3.05, 3.63) is 69.4 Å². The maximum absolute atomic E-state index is 12.9. The Morgan fingerprint density at radius 3 is 2.52 bits per heavy atom. The summed E-state index contributed by atoms with van der Waals surface area (Å²) in [6.45, 7) is 1.81. The average Bonchev–Trinajstić information content (AvgIpc) is 2.48. The molecule has 0 aliphatic carbocycles. The van der Waals surface area contributed by atoms with Gasteiger partial charge in [-0.25, -0.2) is 4.39 Å². The Balaban J connectivity index is 2.14. The molecule has 1 N–H and O–H groups in total. The van der Waals surface area contributed by atoms with Crippen LogP contribution in [0.3, 0.4) is 0 Å². The molecule has 0 bridgehead atoms. The molecule has 0 heterocycles. The van der Waals surface area contributed by atoms with Crippen LogP contribution in [0.15, 0.2) is 46.9 Å². The number of hydrogen-bond donors (Lipinski definition) is 1. The molecular weight excluding hydrogens is 337 g/mol. The van der Waals surface area contributed by atoms with Crippen molar-refractivity contribution in [1.82, 2.24) is 5.32 Å². The summed E-state index contributed by atoms with van der Waals surface area (Å²) in [6, 6.07) is 10.5. The Kier molecular flexibility index (Phi) is 4.85. The molecule has 0 spiro atoms. The molecular formula is C16H13BrFNO2. The van der Waals surface area contributed by atoms with E-state index < -0.39 is 0 Å². The molecule has 0 aliphatic rings. The first kappa shape index (κ1) is 15.4. The highest BCUT2D eigenvalue weighted by Gasteiger charge is 2.13. The van der Waals surface area contributed by atoms with Crippen LogP contribution in [0.2, 0.25) is 0 Å². The third-order valence-electron chi connectivity index (χ3n) is 3.10. The van der Waals surface area contributed by atoms with E-state index in [4.69, 9.17) is 0 Å². The van der Waals surface area contributed by atoms with Crippen LogP contribution < -0.4 is 5.32 Å². The predicted octanol–water partition coefficient (Wildman–Crippen LogP) is 3.89. The van der Waals surface area contributed by atoms with Crippen molar-refractivity contribution < 1.29 is 14.0 Å². The number of halogens is 2. The number of rotatable bonds is 4. The second kappa shape index (κ2) is 6.63. The molecule has 1 amide bonds. The van der Waals surface area contributed by atoms with E-state index in [2.05, 4.69) is 21.2 Å². The lowest BCUT2D eigenvalue weighted by Crippen LogP contribution is -2.26. The summed E-state index contributed by atoms with van der Waals surface area (Å²) in [5.74, 6) is -0.608. The van der Waals surface area contributed by atoms with Crippen LogP contribution in [0.5, 0.6) is 0 Å². The molecule has 1 atom stereocenters. The lowest BCUT2D eigenvalue weighted by Gasteiger charge is -2.14. The van der Waals surface area contributed by atoms with Gasteiger partial charge in [-0.05, 0) is 42.8 Å². The van der Waals surface area contributed by atoms with Gasteiger partial charge < -0.3 is 5.32 Å². The van der Waals surface area contributed by atoms with Crippen molar-refractivity contribution in [3.63, 3.8) is 0 Å². The largest absolute Gasteiger partial charge is 0.346 e. The van der Waals surface area contributed by atoms with E-state index in [1.807, 2.05) is 6.92 Å². The maximum Gasteiger partial charge on any atom is 0.251 e. The quantitative estimate of drug-likeness (QED) is 0.851. The standard InChI is InChI=1S/C16H13BrFNO2/c1-10(11-2-5-14(18)6-3-11)19-16(21)12-4-7-15(17)13(8-12)9-20/h2-10H,1H3,(H,19,21)/t10-/m1/s1. The van der Waals surface area contributed by atoms with E-state index in [1.54, 1.807) is 24.3 Å². The van der Waals surface area contributed by atoms with E-state index in [1.165, 1.54) is 18.2 Å². The van der Waals surface area contributed by atoms with E-state index in [0.29, 0.717) is 21.9 Å². The zero-order valence-corrected chi connectivity index (χ0v) is 12.9. The summed E-state index contributed by atoms with van der Waals surface area (Å²) >= 11 is 3.24. The first-order valence-corrected chi connectivity index (χ1v) is 7.11. The number of amides is 1. The van der Waals surface area contributed by atoms with Crippen molar-refractivity contribution in [2.24, 2.45) is 0 Å². The minimum atomic E-state index is -0.319. The monoisotopic (exact) mass is 349 g/mol. The van der Waals surface area contributed by atoms with Crippen molar-refractivity contribution >= 4 is 28.1 Å². The van der Waals surface area contributed by atoms with Gasteiger partial charge in [-0.3, -0.25) is 9.59 Å². The minimum Gasteiger partial charge on any atom is -0.346 e. The van der Waals surface area contributed by atoms with Gasteiger partial charge in [0.1, 0.15) is 5.82 Å². The minimum absolute atomic E-state index is 0.263. The molecule has 0 fully saturated rings. The highest BCUT2D eigenvalue weighted by molar-refractivity contribution is 9.10. The van der Waals surface area contributed by atoms with Gasteiger partial charge in [-0.15, -0.1) is 0 Å². The molecule has 3 nitrogen and oxygen atoms in total. The van der Waals surface area contributed by atoms with E-state index in [-0.39, 0.29) is 17.8 Å². The summed E-state index contributed by atoms with van der Waals surface area (Å²) in [5, 5.41) is 2.81. The van der Waals surface area contributed by atoms with Crippen LogP contribution in [0.25, 0.3) is 0 Å². The van der Waals surface area contributed by atoms with Gasteiger partial charge in [0, 0.05) is 15.6 Å². The number of hydrogen-bond acceptors (Lipinski definition) is 2. The fourth-order valence-electron chi connectivity index (χ4n) is 1.89. The number of nitrogens with one attached hydrogen (secondary N) is 1. The molecule has 2 rings (SSSR count). The summed E-state index contributed by atoms with van der Waals surface area (Å²) in [5.41, 5.74) is 1.61. The number of carbonyl (C=O) groups is 2. The second-order valence-electron chi connectivity index (χ2n) is 4.60. The first-order valence-electron chi connectivity index (χ1n) is 6.32. The van der Waals surface area contributed by atoms with Crippen LogP contribution in [-0.2, 0) is 0 Å². The SMILES string of the molecule is C[C@@H](NC(=O)c1ccc(Br)c(C=O)c1)c1ccc(F)cc1. The molecule has 0 saturated carbocycles. The van der Waals surface area contributed by atoms with Crippen LogP contribution in [0, 0.1) is 5.82 Å². The summed E-state index contributed by atoms with van der Waals surface area (Å²) < 4.78 is 13.5. The van der Waals surface area contributed by atoms with Gasteiger partial charge in [-0.1, -0.05) is 28.1 Å². The summed E-state index contributed by atoms with van der Waals surface area (Å²) in [7, 11) is 0. The lowest BCUT2D eigenvalue weighted by molar-refractivity contribution is 0.0940. The van der Waals surface area contributed by atoms with Gasteiger partial charge in [-0.2, -0.15) is 0 Å². The predicted molar refractivity (Wildman–Crippen MR) is 81.8 cm³/mol. The molecule has 108 valence electrons.